The van der Waals surface area contributed by atoms with Crippen molar-refractivity contribution in [3.05, 3.63) is 95.7 Å². The van der Waals surface area contributed by atoms with Crippen molar-refractivity contribution < 1.29 is 9.21 Å². The number of amides is 1. The van der Waals surface area contributed by atoms with Gasteiger partial charge in [0.2, 0.25) is 11.8 Å². The van der Waals surface area contributed by atoms with Crippen molar-refractivity contribution in [2.75, 3.05) is 5.32 Å². The lowest BCUT2D eigenvalue weighted by atomic mass is 10.1. The van der Waals surface area contributed by atoms with Crippen LogP contribution in [0, 0.1) is 13.8 Å². The molecule has 144 valence electrons. The van der Waals surface area contributed by atoms with Crippen molar-refractivity contribution in [1.29, 1.82) is 0 Å². The number of aryl methyl sites for hydroxylation is 2. The Labute approximate surface area is 170 Å². The molecule has 0 bridgehead atoms. The zero-order valence-electron chi connectivity index (χ0n) is 16.5. The molecule has 1 N–H and O–H groups in total. The zero-order valence-corrected chi connectivity index (χ0v) is 16.5. The Morgan fingerprint density at radius 1 is 0.897 bits per heavy atom. The number of anilines is 1. The minimum atomic E-state index is -0.0372. The Morgan fingerprint density at radius 3 is 2.31 bits per heavy atom. The van der Waals surface area contributed by atoms with Crippen LogP contribution in [0.4, 0.5) is 5.69 Å². The van der Waals surface area contributed by atoms with Crippen LogP contribution in [0.2, 0.25) is 0 Å². The molecule has 0 aliphatic heterocycles. The molecule has 0 radical (unpaired) electrons. The summed E-state index contributed by atoms with van der Waals surface area (Å²) in [6, 6.07) is 23.6. The Bertz CT molecular complexity index is 1130. The van der Waals surface area contributed by atoms with Crippen LogP contribution in [0.3, 0.4) is 0 Å². The Balaban J connectivity index is 1.43. The van der Waals surface area contributed by atoms with Crippen molar-refractivity contribution in [1.82, 2.24) is 4.98 Å². The maximum absolute atomic E-state index is 12.3. The first-order valence-corrected chi connectivity index (χ1v) is 9.56. The lowest BCUT2D eigenvalue weighted by molar-refractivity contribution is -0.115. The Kier molecular flexibility index (Phi) is 5.25. The Morgan fingerprint density at radius 2 is 1.59 bits per heavy atom. The number of nitrogens with zero attached hydrogens (tertiary/aromatic N) is 1. The summed E-state index contributed by atoms with van der Waals surface area (Å²) in [5.41, 5.74) is 6.79. The van der Waals surface area contributed by atoms with Crippen LogP contribution in [0.15, 0.2) is 83.5 Å². The summed E-state index contributed by atoms with van der Waals surface area (Å²) >= 11 is 0. The lowest BCUT2D eigenvalue weighted by Crippen LogP contribution is -2.14. The molecule has 4 heteroatoms. The smallest absolute Gasteiger partial charge is 0.228 e. The van der Waals surface area contributed by atoms with Gasteiger partial charge in [-0.05, 0) is 49.2 Å². The van der Waals surface area contributed by atoms with Gasteiger partial charge in [-0.2, -0.15) is 0 Å². The third kappa shape index (κ3) is 4.43. The molecule has 1 amide bonds. The molecule has 1 aromatic heterocycles. The predicted octanol–water partition coefficient (Wildman–Crippen LogP) is 5.81. The molecule has 0 saturated carbocycles. The quantitative estimate of drug-likeness (QED) is 0.474. The summed E-state index contributed by atoms with van der Waals surface area (Å²) in [7, 11) is 0. The van der Waals surface area contributed by atoms with Crippen molar-refractivity contribution >= 4 is 11.6 Å². The molecular weight excluding hydrogens is 360 g/mol. The van der Waals surface area contributed by atoms with E-state index in [1.807, 2.05) is 67.6 Å². The highest BCUT2D eigenvalue weighted by Gasteiger charge is 2.10. The van der Waals surface area contributed by atoms with Crippen molar-refractivity contribution in [3.63, 3.8) is 0 Å². The fraction of sp³-hybridized carbons (Fsp3) is 0.120. The molecular formula is C25H22N2O2. The van der Waals surface area contributed by atoms with Crippen molar-refractivity contribution in [2.45, 2.75) is 20.3 Å². The second-order valence-electron chi connectivity index (χ2n) is 7.13. The number of benzene rings is 3. The summed E-state index contributed by atoms with van der Waals surface area (Å²) in [5, 5.41) is 2.94. The minimum Gasteiger partial charge on any atom is -0.444 e. The standard InChI is InChI=1S/C25H22N2O2/c1-17-7-9-19(10-8-17)23-16-29-25(27-23)20-11-13-22(14-12-20)26-24(28)15-21-6-4-3-5-18(21)2/h3-14,16H,15H2,1-2H3,(H,26,28). The largest absolute Gasteiger partial charge is 0.444 e. The maximum Gasteiger partial charge on any atom is 0.228 e. The van der Waals surface area contributed by atoms with E-state index in [4.69, 9.17) is 4.42 Å². The summed E-state index contributed by atoms with van der Waals surface area (Å²) in [6.07, 6.45) is 2.02. The van der Waals surface area contributed by atoms with Crippen molar-refractivity contribution in [2.24, 2.45) is 0 Å². The molecule has 3 aromatic carbocycles. The van der Waals surface area contributed by atoms with Gasteiger partial charge in [0, 0.05) is 16.8 Å². The van der Waals surface area contributed by atoms with Gasteiger partial charge in [0.25, 0.3) is 0 Å². The third-order valence-corrected chi connectivity index (χ3v) is 4.88. The molecule has 0 atom stereocenters. The molecule has 0 spiro atoms. The molecule has 0 aliphatic carbocycles. The van der Waals surface area contributed by atoms with Crippen LogP contribution >= 0.6 is 0 Å². The summed E-state index contributed by atoms with van der Waals surface area (Å²) in [6.45, 7) is 4.07. The average Bonchev–Trinajstić information content (AvgIpc) is 3.21. The van der Waals surface area contributed by atoms with Crippen LogP contribution in [0.1, 0.15) is 16.7 Å². The SMILES string of the molecule is Cc1ccc(-c2coc(-c3ccc(NC(=O)Cc4ccccc4C)cc3)n2)cc1. The highest BCUT2D eigenvalue weighted by molar-refractivity contribution is 5.92. The molecule has 0 unspecified atom stereocenters. The van der Waals surface area contributed by atoms with E-state index in [1.54, 1.807) is 6.26 Å². The molecule has 0 fully saturated rings. The number of aromatic nitrogens is 1. The maximum atomic E-state index is 12.3. The van der Waals surface area contributed by atoms with E-state index in [0.29, 0.717) is 12.3 Å². The van der Waals surface area contributed by atoms with E-state index in [1.165, 1.54) is 5.56 Å². The zero-order chi connectivity index (χ0) is 20.2. The van der Waals surface area contributed by atoms with E-state index >= 15 is 0 Å². The average molecular weight is 382 g/mol. The molecule has 1 heterocycles. The second kappa shape index (κ2) is 8.15. The Hall–Kier alpha value is -3.66. The van der Waals surface area contributed by atoms with E-state index in [9.17, 15) is 4.79 Å². The van der Waals surface area contributed by atoms with Crippen LogP contribution in [0.25, 0.3) is 22.7 Å². The van der Waals surface area contributed by atoms with Gasteiger partial charge in [-0.1, -0.05) is 54.1 Å². The number of nitrogens with one attached hydrogen (secondary N) is 1. The first-order chi connectivity index (χ1) is 14.1. The highest BCUT2D eigenvalue weighted by atomic mass is 16.3. The van der Waals surface area contributed by atoms with E-state index in [-0.39, 0.29) is 5.91 Å². The van der Waals surface area contributed by atoms with E-state index in [2.05, 4.69) is 29.4 Å². The number of hydrogen-bond donors (Lipinski definition) is 1. The van der Waals surface area contributed by atoms with Gasteiger partial charge in [-0.3, -0.25) is 4.79 Å². The molecule has 4 rings (SSSR count). The molecule has 0 saturated heterocycles. The van der Waals surface area contributed by atoms with Gasteiger partial charge in [-0.25, -0.2) is 4.98 Å². The number of hydrogen-bond acceptors (Lipinski definition) is 3. The first-order valence-electron chi connectivity index (χ1n) is 9.56. The minimum absolute atomic E-state index is 0.0372. The first kappa shape index (κ1) is 18.7. The molecule has 4 nitrogen and oxygen atoms in total. The van der Waals surface area contributed by atoms with Crippen molar-refractivity contribution in [3.8, 4) is 22.7 Å². The summed E-state index contributed by atoms with van der Waals surface area (Å²) in [4.78, 5) is 16.9. The second-order valence-corrected chi connectivity index (χ2v) is 7.13. The van der Waals surface area contributed by atoms with E-state index < -0.39 is 0 Å². The predicted molar refractivity (Wildman–Crippen MR) is 116 cm³/mol. The summed E-state index contributed by atoms with van der Waals surface area (Å²) < 4.78 is 5.65. The van der Waals surface area contributed by atoms with E-state index in [0.717, 1.165) is 33.6 Å². The van der Waals surface area contributed by atoms with Crippen LogP contribution in [-0.2, 0) is 11.2 Å². The number of oxazole rings is 1. The third-order valence-electron chi connectivity index (χ3n) is 4.88. The van der Waals surface area contributed by atoms with Gasteiger partial charge >= 0.3 is 0 Å². The number of rotatable bonds is 5. The van der Waals surface area contributed by atoms with Gasteiger partial charge < -0.3 is 9.73 Å². The van der Waals surface area contributed by atoms with Crippen LogP contribution in [-0.4, -0.2) is 10.9 Å². The van der Waals surface area contributed by atoms with Gasteiger partial charge in [0.05, 0.1) is 6.42 Å². The van der Waals surface area contributed by atoms with Crippen LogP contribution in [0.5, 0.6) is 0 Å². The van der Waals surface area contributed by atoms with Crippen LogP contribution < -0.4 is 5.32 Å². The topological polar surface area (TPSA) is 55.1 Å². The lowest BCUT2D eigenvalue weighted by Gasteiger charge is -2.07. The highest BCUT2D eigenvalue weighted by Crippen LogP contribution is 2.26. The van der Waals surface area contributed by atoms with Gasteiger partial charge in [0.15, 0.2) is 0 Å². The monoisotopic (exact) mass is 382 g/mol. The van der Waals surface area contributed by atoms with Gasteiger partial charge in [-0.15, -0.1) is 0 Å². The molecule has 29 heavy (non-hydrogen) atoms. The molecule has 4 aromatic rings. The number of carbonyl (C=O) groups excluding carboxylic acids is 1. The number of carbonyl (C=O) groups is 1. The molecule has 0 aliphatic rings. The fourth-order valence-corrected chi connectivity index (χ4v) is 3.15. The van der Waals surface area contributed by atoms with Gasteiger partial charge in [0.1, 0.15) is 12.0 Å². The summed E-state index contributed by atoms with van der Waals surface area (Å²) in [5.74, 6) is 0.517. The fourth-order valence-electron chi connectivity index (χ4n) is 3.15. The normalized spacial score (nSPS) is 10.7.